The summed E-state index contributed by atoms with van der Waals surface area (Å²) < 4.78 is 5.11. The molecule has 1 aliphatic heterocycles. The van der Waals surface area contributed by atoms with Gasteiger partial charge in [-0.25, -0.2) is 4.79 Å². The molecule has 0 radical (unpaired) electrons. The van der Waals surface area contributed by atoms with E-state index in [1.54, 1.807) is 25.8 Å². The van der Waals surface area contributed by atoms with E-state index in [4.69, 9.17) is 4.74 Å². The number of likely N-dealkylation sites (N-methyl/N-ethyl adjacent to an activating group) is 1. The van der Waals surface area contributed by atoms with E-state index in [1.165, 1.54) is 0 Å². The lowest BCUT2D eigenvalue weighted by molar-refractivity contribution is -0.141. The van der Waals surface area contributed by atoms with E-state index in [2.05, 4.69) is 24.1 Å². The number of likely N-dealkylation sites (tertiary alicyclic amines) is 1. The summed E-state index contributed by atoms with van der Waals surface area (Å²) in [6, 6.07) is -0.759. The lowest BCUT2D eigenvalue weighted by Gasteiger charge is -2.40. The van der Waals surface area contributed by atoms with Gasteiger partial charge in [0.25, 0.3) is 0 Å². The van der Waals surface area contributed by atoms with Crippen LogP contribution in [0, 0.1) is 11.8 Å². The summed E-state index contributed by atoms with van der Waals surface area (Å²) in [4.78, 5) is 43.3. The van der Waals surface area contributed by atoms with Crippen molar-refractivity contribution in [2.45, 2.75) is 112 Å². The van der Waals surface area contributed by atoms with Crippen LogP contribution >= 0.6 is 0 Å². The van der Waals surface area contributed by atoms with Crippen LogP contribution in [-0.4, -0.2) is 72.0 Å². The normalized spacial score (nSPS) is 20.9. The molecule has 34 heavy (non-hydrogen) atoms. The highest BCUT2D eigenvalue weighted by atomic mass is 16.5. The lowest BCUT2D eigenvalue weighted by Crippen LogP contribution is -2.59. The van der Waals surface area contributed by atoms with E-state index in [9.17, 15) is 14.4 Å². The maximum Gasteiger partial charge on any atom is 0.333 e. The summed E-state index contributed by atoms with van der Waals surface area (Å²) in [7, 11) is 1.76. The molecular formula is C27H49N3O4. The van der Waals surface area contributed by atoms with Crippen LogP contribution in [-0.2, 0) is 19.1 Å². The number of esters is 1. The predicted molar refractivity (Wildman–Crippen MR) is 137 cm³/mol. The molecule has 1 heterocycles. The fourth-order valence-corrected chi connectivity index (χ4v) is 4.62. The molecule has 0 aromatic rings. The number of ether oxygens (including phenoxy) is 1. The molecular weight excluding hydrogens is 430 g/mol. The van der Waals surface area contributed by atoms with Crippen molar-refractivity contribution in [3.8, 4) is 0 Å². The van der Waals surface area contributed by atoms with E-state index in [0.717, 1.165) is 38.6 Å². The summed E-state index contributed by atoms with van der Waals surface area (Å²) >= 11 is 0. The third-order valence-corrected chi connectivity index (χ3v) is 7.28. The van der Waals surface area contributed by atoms with Crippen LogP contribution in [0.15, 0.2) is 11.6 Å². The van der Waals surface area contributed by atoms with Crippen molar-refractivity contribution in [2.75, 3.05) is 20.2 Å². The Kier molecular flexibility index (Phi) is 12.9. The lowest BCUT2D eigenvalue weighted by atomic mass is 9.93. The highest BCUT2D eigenvalue weighted by Crippen LogP contribution is 2.23. The molecule has 0 aromatic carbocycles. The minimum Gasteiger partial charge on any atom is -0.463 e. The average Bonchev–Trinajstić information content (AvgIpc) is 2.83. The van der Waals surface area contributed by atoms with Gasteiger partial charge in [-0.3, -0.25) is 14.5 Å². The van der Waals surface area contributed by atoms with Gasteiger partial charge in [-0.2, -0.15) is 0 Å². The van der Waals surface area contributed by atoms with Crippen LogP contribution in [0.5, 0.6) is 0 Å². The zero-order valence-electron chi connectivity index (χ0n) is 23.0. The highest BCUT2D eigenvalue weighted by Gasteiger charge is 2.36. The third kappa shape index (κ3) is 8.10. The van der Waals surface area contributed by atoms with E-state index in [-0.39, 0.29) is 41.7 Å². The molecule has 0 spiro atoms. The minimum absolute atomic E-state index is 0.0116. The van der Waals surface area contributed by atoms with Crippen molar-refractivity contribution >= 4 is 17.8 Å². The Morgan fingerprint density at radius 2 is 1.74 bits per heavy atom. The molecule has 1 saturated heterocycles. The SMILES string of the molecule is CCOC(=O)/C(C)=C/C(C(C)C)N(C)C(=O)[C@H](NC(=O)[C@H]1CCCCN1C(C)CC)[C@H](C)CC. The molecule has 0 saturated carbocycles. The Morgan fingerprint density at radius 3 is 2.26 bits per heavy atom. The molecule has 1 fully saturated rings. The zero-order valence-corrected chi connectivity index (χ0v) is 23.0. The van der Waals surface area contributed by atoms with Gasteiger partial charge in [0, 0.05) is 18.7 Å². The van der Waals surface area contributed by atoms with E-state index < -0.39 is 6.04 Å². The number of piperidine rings is 1. The molecule has 0 aliphatic carbocycles. The van der Waals surface area contributed by atoms with Gasteiger partial charge >= 0.3 is 5.97 Å². The number of nitrogens with one attached hydrogen (secondary N) is 1. The van der Waals surface area contributed by atoms with Crippen molar-refractivity contribution in [1.29, 1.82) is 0 Å². The molecule has 2 amide bonds. The maximum atomic E-state index is 13.7. The quantitative estimate of drug-likeness (QED) is 0.336. The molecule has 7 heteroatoms. The van der Waals surface area contributed by atoms with Gasteiger partial charge in [0.2, 0.25) is 11.8 Å². The first-order chi connectivity index (χ1) is 16.0. The first kappa shape index (κ1) is 30.1. The van der Waals surface area contributed by atoms with E-state index >= 15 is 0 Å². The molecule has 7 nitrogen and oxygen atoms in total. The fourth-order valence-electron chi connectivity index (χ4n) is 4.62. The number of amides is 2. The van der Waals surface area contributed by atoms with Crippen LogP contribution < -0.4 is 5.32 Å². The molecule has 1 N–H and O–H groups in total. The Bertz CT molecular complexity index is 706. The van der Waals surface area contributed by atoms with Crippen LogP contribution in [0.2, 0.25) is 0 Å². The second-order valence-corrected chi connectivity index (χ2v) is 10.1. The summed E-state index contributed by atoms with van der Waals surface area (Å²) in [6.07, 6.45) is 6.52. The Morgan fingerprint density at radius 1 is 1.09 bits per heavy atom. The van der Waals surface area contributed by atoms with E-state index in [0.29, 0.717) is 18.2 Å². The number of hydrogen-bond donors (Lipinski definition) is 1. The highest BCUT2D eigenvalue weighted by molar-refractivity contribution is 5.91. The smallest absolute Gasteiger partial charge is 0.333 e. The second-order valence-electron chi connectivity index (χ2n) is 10.1. The standard InChI is InChI=1S/C27H49N3O4/c1-10-19(6)24(28-25(31)22-15-13-14-16-30(22)21(8)11-2)26(32)29(9)23(18(4)5)17-20(7)27(33)34-12-3/h17-19,21-24H,10-16H2,1-9H3,(H,28,31)/b20-17+/t19-,21?,22-,23?,24-/m1/s1. The minimum atomic E-state index is -0.610. The Hall–Kier alpha value is -1.89. The number of hydrogen-bond acceptors (Lipinski definition) is 5. The maximum absolute atomic E-state index is 13.7. The van der Waals surface area contributed by atoms with Gasteiger partial charge in [0.1, 0.15) is 6.04 Å². The molecule has 2 unspecified atom stereocenters. The van der Waals surface area contributed by atoms with Gasteiger partial charge in [0.15, 0.2) is 0 Å². The topological polar surface area (TPSA) is 79.0 Å². The van der Waals surface area contributed by atoms with Gasteiger partial charge in [0.05, 0.1) is 18.7 Å². The van der Waals surface area contributed by atoms with Crippen LogP contribution in [0.3, 0.4) is 0 Å². The van der Waals surface area contributed by atoms with Crippen LogP contribution in [0.4, 0.5) is 0 Å². The molecule has 5 atom stereocenters. The van der Waals surface area contributed by atoms with E-state index in [1.807, 2.05) is 33.8 Å². The number of carbonyl (C=O) groups is 3. The van der Waals surface area contributed by atoms with Crippen molar-refractivity contribution in [1.82, 2.24) is 15.1 Å². The molecule has 0 bridgehead atoms. The van der Waals surface area contributed by atoms with Crippen molar-refractivity contribution in [3.63, 3.8) is 0 Å². The zero-order chi connectivity index (χ0) is 26.0. The molecule has 1 aliphatic rings. The second kappa shape index (κ2) is 14.5. The van der Waals surface area contributed by atoms with Crippen molar-refractivity contribution < 1.29 is 19.1 Å². The summed E-state index contributed by atoms with van der Waals surface area (Å²) in [5.74, 6) is -0.469. The largest absolute Gasteiger partial charge is 0.463 e. The summed E-state index contributed by atoms with van der Waals surface area (Å²) in [5.41, 5.74) is 0.482. The summed E-state index contributed by atoms with van der Waals surface area (Å²) in [6.45, 7) is 17.1. The monoisotopic (exact) mass is 479 g/mol. The van der Waals surface area contributed by atoms with Crippen LogP contribution in [0.25, 0.3) is 0 Å². The number of rotatable bonds is 12. The van der Waals surface area contributed by atoms with Gasteiger partial charge in [-0.1, -0.05) is 53.5 Å². The first-order valence-corrected chi connectivity index (χ1v) is 13.2. The third-order valence-electron chi connectivity index (χ3n) is 7.28. The van der Waals surface area contributed by atoms with Gasteiger partial charge in [-0.05, 0) is 58.4 Å². The van der Waals surface area contributed by atoms with Crippen LogP contribution in [0.1, 0.15) is 87.5 Å². The Labute approximate surface area is 207 Å². The average molecular weight is 480 g/mol. The number of carbonyl (C=O) groups excluding carboxylic acids is 3. The fraction of sp³-hybridized carbons (Fsp3) is 0.815. The van der Waals surface area contributed by atoms with Crippen molar-refractivity contribution in [3.05, 3.63) is 11.6 Å². The number of nitrogens with zero attached hydrogens (tertiary/aromatic N) is 2. The summed E-state index contributed by atoms with van der Waals surface area (Å²) in [5, 5.41) is 3.13. The molecule has 1 rings (SSSR count). The van der Waals surface area contributed by atoms with Gasteiger partial charge < -0.3 is 15.0 Å². The van der Waals surface area contributed by atoms with Gasteiger partial charge in [-0.15, -0.1) is 0 Å². The van der Waals surface area contributed by atoms with Crippen molar-refractivity contribution in [2.24, 2.45) is 11.8 Å². The predicted octanol–water partition coefficient (Wildman–Crippen LogP) is 4.16. The molecule has 196 valence electrons. The first-order valence-electron chi connectivity index (χ1n) is 13.2. The molecule has 0 aromatic heterocycles. The Balaban J connectivity index is 3.13.